The minimum absolute atomic E-state index is 0.0520. The van der Waals surface area contributed by atoms with Gasteiger partial charge in [-0.05, 0) is 37.0 Å². The van der Waals surface area contributed by atoms with Crippen LogP contribution in [0.3, 0.4) is 0 Å². The van der Waals surface area contributed by atoms with Crippen LogP contribution in [0.15, 0.2) is 64.8 Å². The van der Waals surface area contributed by atoms with Crippen molar-refractivity contribution in [2.75, 3.05) is 12.4 Å². The summed E-state index contributed by atoms with van der Waals surface area (Å²) in [5.74, 6) is -0.630. The topological polar surface area (TPSA) is 80.6 Å². The van der Waals surface area contributed by atoms with Crippen molar-refractivity contribution >= 4 is 44.1 Å². The summed E-state index contributed by atoms with van der Waals surface area (Å²) in [7, 11) is 1.61. The molecule has 3 aromatic rings. The van der Waals surface area contributed by atoms with Crippen LogP contribution in [0.2, 0.25) is 0 Å². The summed E-state index contributed by atoms with van der Waals surface area (Å²) in [5, 5.41) is 3.54. The Balaban J connectivity index is 1.60. The highest BCUT2D eigenvalue weighted by Crippen LogP contribution is 2.49. The van der Waals surface area contributed by atoms with E-state index in [0.29, 0.717) is 35.0 Å². The van der Waals surface area contributed by atoms with E-state index in [1.807, 2.05) is 55.5 Å². The predicted octanol–water partition coefficient (Wildman–Crippen LogP) is 5.76. The first-order valence-electron chi connectivity index (χ1n) is 11.4. The summed E-state index contributed by atoms with van der Waals surface area (Å²) in [6, 6.07) is 15.4. The highest BCUT2D eigenvalue weighted by molar-refractivity contribution is 7.22. The van der Waals surface area contributed by atoms with Crippen molar-refractivity contribution in [2.24, 2.45) is 16.3 Å². The second kappa shape index (κ2) is 8.47. The molecule has 0 saturated heterocycles. The van der Waals surface area contributed by atoms with E-state index in [2.05, 4.69) is 24.1 Å². The lowest BCUT2D eigenvalue weighted by Crippen LogP contribution is -2.41. The third-order valence-corrected chi connectivity index (χ3v) is 7.53. The molecule has 1 unspecified atom stereocenters. The Morgan fingerprint density at radius 2 is 1.85 bits per heavy atom. The number of ketones is 1. The number of benzene rings is 2. The summed E-state index contributed by atoms with van der Waals surface area (Å²) < 4.78 is 6.66. The number of allylic oxidation sites excluding steroid dienone is 2. The van der Waals surface area contributed by atoms with E-state index in [9.17, 15) is 9.59 Å². The minimum atomic E-state index is -0.646. The molecule has 0 radical (unpaired) electrons. The van der Waals surface area contributed by atoms with Crippen LogP contribution in [0.25, 0.3) is 10.2 Å². The Morgan fingerprint density at radius 3 is 2.62 bits per heavy atom. The van der Waals surface area contributed by atoms with Crippen molar-refractivity contribution in [3.8, 4) is 5.75 Å². The number of carbonyl (C=O) groups excluding carboxylic acids is 2. The van der Waals surface area contributed by atoms with Crippen molar-refractivity contribution in [3.05, 3.63) is 65.4 Å². The van der Waals surface area contributed by atoms with E-state index in [4.69, 9.17) is 9.73 Å². The quantitative estimate of drug-likeness (QED) is 0.522. The number of aromatic nitrogens is 1. The molecule has 1 aliphatic heterocycles. The molecule has 7 heteroatoms. The number of carbonyl (C=O) groups is 2. The van der Waals surface area contributed by atoms with E-state index in [0.717, 1.165) is 21.5 Å². The van der Waals surface area contributed by atoms with Gasteiger partial charge >= 0.3 is 0 Å². The first kappa shape index (κ1) is 22.5. The zero-order chi connectivity index (χ0) is 24.0. The fourth-order valence-corrected chi connectivity index (χ4v) is 6.02. The van der Waals surface area contributed by atoms with Gasteiger partial charge in [0.15, 0.2) is 10.9 Å². The predicted molar refractivity (Wildman–Crippen MR) is 136 cm³/mol. The number of para-hydroxylation sites is 2. The van der Waals surface area contributed by atoms with Crippen LogP contribution in [-0.4, -0.2) is 29.5 Å². The fraction of sp³-hybridized carbons (Fsp3) is 0.333. The highest BCUT2D eigenvalue weighted by Gasteiger charge is 2.46. The molecular formula is C27H27N3O3S. The second-order valence-corrected chi connectivity index (χ2v) is 10.8. The van der Waals surface area contributed by atoms with Gasteiger partial charge in [0, 0.05) is 34.9 Å². The van der Waals surface area contributed by atoms with Gasteiger partial charge in [0.25, 0.3) is 0 Å². The number of methoxy groups -OCH3 is 1. The molecule has 174 valence electrons. The van der Waals surface area contributed by atoms with Gasteiger partial charge in [-0.3, -0.25) is 14.6 Å². The van der Waals surface area contributed by atoms with E-state index < -0.39 is 11.8 Å². The Kier molecular flexibility index (Phi) is 5.60. The molecule has 2 aliphatic rings. The molecule has 5 rings (SSSR count). The van der Waals surface area contributed by atoms with Gasteiger partial charge in [0.05, 0.1) is 23.2 Å². The first-order valence-corrected chi connectivity index (χ1v) is 12.2. The van der Waals surface area contributed by atoms with E-state index in [1.165, 1.54) is 11.3 Å². The smallest absolute Gasteiger partial charge is 0.235 e. The van der Waals surface area contributed by atoms with Crippen LogP contribution in [0.5, 0.6) is 5.75 Å². The molecule has 34 heavy (non-hydrogen) atoms. The molecule has 2 atom stereocenters. The van der Waals surface area contributed by atoms with E-state index in [-0.39, 0.29) is 17.1 Å². The van der Waals surface area contributed by atoms with Gasteiger partial charge in [0.1, 0.15) is 5.75 Å². The maximum atomic E-state index is 13.7. The molecule has 2 heterocycles. The number of ether oxygens (including phenoxy) is 1. The molecule has 0 spiro atoms. The van der Waals surface area contributed by atoms with Crippen molar-refractivity contribution in [1.29, 1.82) is 0 Å². The number of rotatable bonds is 4. The second-order valence-electron chi connectivity index (χ2n) is 9.73. The number of thiazole rings is 1. The maximum absolute atomic E-state index is 13.7. The molecule has 1 N–H and O–H groups in total. The molecule has 6 nitrogen and oxygen atoms in total. The first-order chi connectivity index (χ1) is 16.3. The number of hydrogen-bond donors (Lipinski definition) is 1. The molecule has 1 aromatic heterocycles. The maximum Gasteiger partial charge on any atom is 0.235 e. The number of fused-ring (bicyclic) bond motifs is 1. The summed E-state index contributed by atoms with van der Waals surface area (Å²) in [6.07, 6.45) is 1.13. The van der Waals surface area contributed by atoms with Crippen LogP contribution in [0, 0.1) is 11.3 Å². The Morgan fingerprint density at radius 1 is 1.12 bits per heavy atom. The van der Waals surface area contributed by atoms with Gasteiger partial charge in [-0.25, -0.2) is 4.98 Å². The number of anilines is 1. The van der Waals surface area contributed by atoms with E-state index >= 15 is 0 Å². The van der Waals surface area contributed by atoms with Crippen LogP contribution in [0.1, 0.15) is 45.1 Å². The largest absolute Gasteiger partial charge is 0.496 e. The van der Waals surface area contributed by atoms with Crippen LogP contribution in [-0.2, 0) is 9.59 Å². The zero-order valence-electron chi connectivity index (χ0n) is 19.7. The van der Waals surface area contributed by atoms with Gasteiger partial charge in [0.2, 0.25) is 5.91 Å². The number of aliphatic imine (C=N–C) groups is 1. The molecule has 0 fully saturated rings. The third kappa shape index (κ3) is 3.94. The number of amides is 1. The van der Waals surface area contributed by atoms with Gasteiger partial charge in [-0.15, -0.1) is 0 Å². The summed E-state index contributed by atoms with van der Waals surface area (Å²) >= 11 is 1.43. The Hall–Kier alpha value is -3.32. The van der Waals surface area contributed by atoms with Crippen LogP contribution < -0.4 is 10.1 Å². The van der Waals surface area contributed by atoms with E-state index in [1.54, 1.807) is 7.11 Å². The van der Waals surface area contributed by atoms with Gasteiger partial charge < -0.3 is 10.1 Å². The molecular weight excluding hydrogens is 446 g/mol. The van der Waals surface area contributed by atoms with Crippen LogP contribution in [0.4, 0.5) is 5.13 Å². The average Bonchev–Trinajstić information content (AvgIpc) is 3.19. The molecule has 0 saturated carbocycles. The molecule has 1 aliphatic carbocycles. The Bertz CT molecular complexity index is 1340. The highest BCUT2D eigenvalue weighted by atomic mass is 32.1. The fourth-order valence-electron chi connectivity index (χ4n) is 5.15. The SMILES string of the molecule is COc1ccccc1[C@@H]1C2=C(CC(C)(C)CC2=O)N=C(C)C1C(=O)Nc1nc2ccccc2s1. The average molecular weight is 474 g/mol. The zero-order valence-corrected chi connectivity index (χ0v) is 20.5. The minimum Gasteiger partial charge on any atom is -0.496 e. The molecule has 0 bridgehead atoms. The number of nitrogens with zero attached hydrogens (tertiary/aromatic N) is 2. The lowest BCUT2D eigenvalue weighted by Gasteiger charge is -2.39. The number of hydrogen-bond acceptors (Lipinski definition) is 6. The van der Waals surface area contributed by atoms with Gasteiger partial charge in [-0.1, -0.05) is 55.5 Å². The lowest BCUT2D eigenvalue weighted by atomic mass is 9.66. The molecule has 1 amide bonds. The third-order valence-electron chi connectivity index (χ3n) is 6.58. The lowest BCUT2D eigenvalue weighted by molar-refractivity contribution is -0.119. The Labute approximate surface area is 202 Å². The standard InChI is InChI=1S/C27H27N3O3S/c1-15-22(25(32)30-26-29-17-10-6-8-12-21(17)34-26)23(16-9-5-7-11-20(16)33-4)24-18(28-15)13-27(2,3)14-19(24)31/h5-12,22-23H,13-14H2,1-4H3,(H,29,30,32)/t22?,23-/m0/s1. The summed E-state index contributed by atoms with van der Waals surface area (Å²) in [6.45, 7) is 6.05. The summed E-state index contributed by atoms with van der Waals surface area (Å²) in [5.41, 5.74) is 3.62. The van der Waals surface area contributed by atoms with Crippen molar-refractivity contribution < 1.29 is 14.3 Å². The molecule has 2 aromatic carbocycles. The monoisotopic (exact) mass is 473 g/mol. The summed E-state index contributed by atoms with van der Waals surface area (Å²) in [4.78, 5) is 36.6. The van der Waals surface area contributed by atoms with Crippen molar-refractivity contribution in [3.63, 3.8) is 0 Å². The number of nitrogens with one attached hydrogen (secondary N) is 1. The van der Waals surface area contributed by atoms with Crippen molar-refractivity contribution in [2.45, 2.75) is 39.5 Å². The van der Waals surface area contributed by atoms with Crippen molar-refractivity contribution in [1.82, 2.24) is 4.98 Å². The normalized spacial score (nSPS) is 21.8. The number of Topliss-reactive ketones (excluding diaryl/α,β-unsaturated/α-hetero) is 1. The van der Waals surface area contributed by atoms with Crippen LogP contribution >= 0.6 is 11.3 Å². The van der Waals surface area contributed by atoms with Gasteiger partial charge in [-0.2, -0.15) is 0 Å².